The summed E-state index contributed by atoms with van der Waals surface area (Å²) in [5, 5.41) is 0. The number of benzene rings is 1. The zero-order valence-electron chi connectivity index (χ0n) is 11.9. The van der Waals surface area contributed by atoms with Crippen LogP contribution in [0, 0.1) is 0 Å². The first-order valence-electron chi connectivity index (χ1n) is 6.87. The smallest absolute Gasteiger partial charge is 0.330 e. The molecule has 1 heterocycles. The van der Waals surface area contributed by atoms with Gasteiger partial charge in [-0.2, -0.15) is 0 Å². The van der Waals surface area contributed by atoms with Crippen LogP contribution in [0.3, 0.4) is 0 Å². The van der Waals surface area contributed by atoms with Crippen molar-refractivity contribution in [2.75, 3.05) is 19.8 Å². The lowest BCUT2D eigenvalue weighted by atomic mass is 10.0. The Balaban J connectivity index is 2.02. The normalized spacial score (nSPS) is 19.0. The highest BCUT2D eigenvalue weighted by molar-refractivity contribution is 5.87. The molecule has 2 atom stereocenters. The fourth-order valence-corrected chi connectivity index (χ4v) is 1.89. The van der Waals surface area contributed by atoms with E-state index in [1.807, 2.05) is 31.2 Å². The van der Waals surface area contributed by atoms with E-state index in [0.29, 0.717) is 13.2 Å². The predicted octanol–water partition coefficient (Wildman–Crippen LogP) is 2.74. The minimum atomic E-state index is -0.331. The van der Waals surface area contributed by atoms with E-state index >= 15 is 0 Å². The first-order chi connectivity index (χ1) is 9.70. The lowest BCUT2D eigenvalue weighted by Crippen LogP contribution is -2.07. The van der Waals surface area contributed by atoms with Gasteiger partial charge in [0.15, 0.2) is 0 Å². The molecule has 4 heteroatoms. The molecule has 1 fully saturated rings. The Morgan fingerprint density at radius 3 is 2.95 bits per heavy atom. The van der Waals surface area contributed by atoms with Crippen LogP contribution >= 0.6 is 0 Å². The number of ether oxygens (including phenoxy) is 3. The molecule has 1 aromatic carbocycles. The van der Waals surface area contributed by atoms with Gasteiger partial charge < -0.3 is 14.2 Å². The number of hydrogen-bond acceptors (Lipinski definition) is 4. The third-order valence-electron chi connectivity index (χ3n) is 3.05. The molecule has 0 spiro atoms. The van der Waals surface area contributed by atoms with Crippen molar-refractivity contribution in [3.05, 3.63) is 41.5 Å². The van der Waals surface area contributed by atoms with E-state index in [4.69, 9.17) is 14.2 Å². The van der Waals surface area contributed by atoms with Gasteiger partial charge in [-0.1, -0.05) is 24.3 Å². The van der Waals surface area contributed by atoms with E-state index in [1.54, 1.807) is 13.0 Å². The zero-order chi connectivity index (χ0) is 14.4. The predicted molar refractivity (Wildman–Crippen MR) is 76.2 cm³/mol. The van der Waals surface area contributed by atoms with Gasteiger partial charge in [0.2, 0.25) is 0 Å². The maximum atomic E-state index is 11.4. The van der Waals surface area contributed by atoms with E-state index in [0.717, 1.165) is 17.7 Å². The quantitative estimate of drug-likeness (QED) is 0.436. The highest BCUT2D eigenvalue weighted by Gasteiger charge is 2.24. The van der Waals surface area contributed by atoms with Crippen LogP contribution in [0.1, 0.15) is 31.1 Å². The molecular formula is C16H20O4. The average molecular weight is 276 g/mol. The van der Waals surface area contributed by atoms with Crippen LogP contribution < -0.4 is 0 Å². The van der Waals surface area contributed by atoms with Crippen LogP contribution in [0.4, 0.5) is 0 Å². The van der Waals surface area contributed by atoms with Crippen molar-refractivity contribution in [1.29, 1.82) is 0 Å². The summed E-state index contributed by atoms with van der Waals surface area (Å²) < 4.78 is 15.8. The molecule has 0 N–H and O–H groups in total. The monoisotopic (exact) mass is 276 g/mol. The number of epoxide rings is 1. The Kier molecular flexibility index (Phi) is 5.32. The van der Waals surface area contributed by atoms with Crippen molar-refractivity contribution in [2.24, 2.45) is 0 Å². The molecule has 0 saturated carbocycles. The number of carbonyl (C=O) groups is 1. The van der Waals surface area contributed by atoms with Crippen LogP contribution in [0.25, 0.3) is 6.08 Å². The lowest BCUT2D eigenvalue weighted by Gasteiger charge is -2.15. The molecule has 0 unspecified atom stereocenters. The third kappa shape index (κ3) is 4.47. The minimum absolute atomic E-state index is 0.0396. The number of esters is 1. The molecule has 0 amide bonds. The Morgan fingerprint density at radius 1 is 1.50 bits per heavy atom. The van der Waals surface area contributed by atoms with Crippen molar-refractivity contribution < 1.29 is 19.0 Å². The van der Waals surface area contributed by atoms with Crippen molar-refractivity contribution in [2.45, 2.75) is 26.1 Å². The summed E-state index contributed by atoms with van der Waals surface area (Å²) in [6.07, 6.45) is 3.42. The fraction of sp³-hybridized carbons (Fsp3) is 0.438. The summed E-state index contributed by atoms with van der Waals surface area (Å²) in [5.74, 6) is -0.331. The van der Waals surface area contributed by atoms with Crippen LogP contribution in [0.15, 0.2) is 30.3 Å². The topological polar surface area (TPSA) is 48.1 Å². The van der Waals surface area contributed by atoms with E-state index < -0.39 is 0 Å². The standard InChI is InChI=1S/C16H20O4/c1-3-18-16(17)9-8-13-6-4-5-7-15(13)12(2)19-10-14-11-20-14/h4-9,12,14H,3,10-11H2,1-2H3/b9-8+/t12-,14+/m1/s1. The van der Waals surface area contributed by atoms with Gasteiger partial charge in [0, 0.05) is 6.08 Å². The molecule has 0 radical (unpaired) electrons. The second-order valence-electron chi connectivity index (χ2n) is 4.65. The number of carbonyl (C=O) groups excluding carboxylic acids is 1. The molecule has 20 heavy (non-hydrogen) atoms. The first-order valence-corrected chi connectivity index (χ1v) is 6.87. The summed E-state index contributed by atoms with van der Waals surface area (Å²) in [6.45, 7) is 5.56. The molecule has 2 rings (SSSR count). The van der Waals surface area contributed by atoms with Gasteiger partial charge in [0.05, 0.1) is 25.9 Å². The molecule has 108 valence electrons. The zero-order valence-corrected chi connectivity index (χ0v) is 11.9. The maximum absolute atomic E-state index is 11.4. The van der Waals surface area contributed by atoms with Crippen LogP contribution in [-0.2, 0) is 19.0 Å². The Bertz CT molecular complexity index is 477. The molecule has 0 aromatic heterocycles. The minimum Gasteiger partial charge on any atom is -0.463 e. The molecule has 1 saturated heterocycles. The summed E-state index contributed by atoms with van der Waals surface area (Å²) in [4.78, 5) is 11.4. The molecular weight excluding hydrogens is 256 g/mol. The second-order valence-corrected chi connectivity index (χ2v) is 4.65. The van der Waals surface area contributed by atoms with E-state index in [9.17, 15) is 4.79 Å². The molecule has 0 bridgehead atoms. The van der Waals surface area contributed by atoms with Gasteiger partial charge in [-0.15, -0.1) is 0 Å². The van der Waals surface area contributed by atoms with Crippen LogP contribution in [-0.4, -0.2) is 31.9 Å². The second kappa shape index (κ2) is 7.22. The van der Waals surface area contributed by atoms with E-state index in [2.05, 4.69) is 0 Å². The Labute approximate surface area is 119 Å². The Hall–Kier alpha value is -1.65. The summed E-state index contributed by atoms with van der Waals surface area (Å²) in [7, 11) is 0. The Morgan fingerprint density at radius 2 is 2.25 bits per heavy atom. The fourth-order valence-electron chi connectivity index (χ4n) is 1.89. The molecule has 1 aromatic rings. The highest BCUT2D eigenvalue weighted by Crippen LogP contribution is 2.23. The summed E-state index contributed by atoms with van der Waals surface area (Å²) in [6, 6.07) is 7.86. The van der Waals surface area contributed by atoms with Gasteiger partial charge in [-0.25, -0.2) is 4.79 Å². The maximum Gasteiger partial charge on any atom is 0.330 e. The highest BCUT2D eigenvalue weighted by atomic mass is 16.6. The van der Waals surface area contributed by atoms with Crippen molar-refractivity contribution >= 4 is 12.0 Å². The first kappa shape index (κ1) is 14.8. The average Bonchev–Trinajstić information content (AvgIpc) is 3.27. The molecule has 1 aliphatic heterocycles. The van der Waals surface area contributed by atoms with Crippen LogP contribution in [0.5, 0.6) is 0 Å². The van der Waals surface area contributed by atoms with Gasteiger partial charge >= 0.3 is 5.97 Å². The summed E-state index contributed by atoms with van der Waals surface area (Å²) >= 11 is 0. The summed E-state index contributed by atoms with van der Waals surface area (Å²) in [5.41, 5.74) is 2.01. The van der Waals surface area contributed by atoms with Gasteiger partial charge in [0.1, 0.15) is 6.10 Å². The van der Waals surface area contributed by atoms with Crippen molar-refractivity contribution in [3.8, 4) is 0 Å². The largest absolute Gasteiger partial charge is 0.463 e. The van der Waals surface area contributed by atoms with Crippen molar-refractivity contribution in [3.63, 3.8) is 0 Å². The SMILES string of the molecule is CCOC(=O)/C=C/c1ccccc1[C@@H](C)OC[C@H]1CO1. The van der Waals surface area contributed by atoms with Crippen molar-refractivity contribution in [1.82, 2.24) is 0 Å². The number of hydrogen-bond donors (Lipinski definition) is 0. The van der Waals surface area contributed by atoms with E-state index in [-0.39, 0.29) is 18.2 Å². The number of rotatable bonds is 7. The molecule has 1 aliphatic rings. The van der Waals surface area contributed by atoms with Gasteiger partial charge in [-0.3, -0.25) is 0 Å². The van der Waals surface area contributed by atoms with Gasteiger partial charge in [-0.05, 0) is 31.1 Å². The molecule has 4 nitrogen and oxygen atoms in total. The molecule has 0 aliphatic carbocycles. The van der Waals surface area contributed by atoms with Gasteiger partial charge in [0.25, 0.3) is 0 Å². The third-order valence-corrected chi connectivity index (χ3v) is 3.05. The van der Waals surface area contributed by atoms with Crippen LogP contribution in [0.2, 0.25) is 0 Å². The lowest BCUT2D eigenvalue weighted by molar-refractivity contribution is -0.137. The van der Waals surface area contributed by atoms with E-state index in [1.165, 1.54) is 6.08 Å².